The maximum Gasteiger partial charge on any atom is 0.516 e. The number of alkyl halides is 3. The molecule has 112 valence electrons. The first-order chi connectivity index (χ1) is 9.71. The van der Waals surface area contributed by atoms with Gasteiger partial charge in [-0.1, -0.05) is 30.3 Å². The van der Waals surface area contributed by atoms with E-state index in [1.807, 2.05) is 0 Å². The van der Waals surface area contributed by atoms with Gasteiger partial charge >= 0.3 is 15.5 Å². The van der Waals surface area contributed by atoms with Crippen LogP contribution in [0.5, 0.6) is 0 Å². The quantitative estimate of drug-likeness (QED) is 0.876. The van der Waals surface area contributed by atoms with E-state index in [-0.39, 0.29) is 16.8 Å². The predicted molar refractivity (Wildman–Crippen MR) is 70.4 cm³/mol. The van der Waals surface area contributed by atoms with Crippen LogP contribution in [-0.2, 0) is 10.0 Å². The molecular formula is C13H9F4NO2S. The molecule has 8 heteroatoms. The van der Waals surface area contributed by atoms with E-state index >= 15 is 0 Å². The standard InChI is InChI=1S/C13H9F4NO2S/c14-10-5-3-4-9(8-10)11-6-1-2-7-12(11)18-21(19,20)13(15,16)17/h1-8,18H. The largest absolute Gasteiger partial charge is 0.516 e. The van der Waals surface area contributed by atoms with Crippen LogP contribution in [0.4, 0.5) is 23.2 Å². The van der Waals surface area contributed by atoms with Crippen LogP contribution in [0.3, 0.4) is 0 Å². The van der Waals surface area contributed by atoms with E-state index < -0.39 is 21.3 Å². The van der Waals surface area contributed by atoms with Gasteiger partial charge in [0.1, 0.15) is 5.82 Å². The highest BCUT2D eigenvalue weighted by Gasteiger charge is 2.46. The Labute approximate surface area is 118 Å². The van der Waals surface area contributed by atoms with Crippen LogP contribution < -0.4 is 4.72 Å². The Morgan fingerprint density at radius 3 is 2.24 bits per heavy atom. The van der Waals surface area contributed by atoms with E-state index in [0.717, 1.165) is 6.07 Å². The van der Waals surface area contributed by atoms with Crippen LogP contribution in [0.15, 0.2) is 48.5 Å². The van der Waals surface area contributed by atoms with E-state index in [1.54, 1.807) is 0 Å². The Morgan fingerprint density at radius 2 is 1.62 bits per heavy atom. The minimum atomic E-state index is -5.54. The van der Waals surface area contributed by atoms with Crippen LogP contribution in [0.2, 0.25) is 0 Å². The smallest absolute Gasteiger partial charge is 0.275 e. The summed E-state index contributed by atoms with van der Waals surface area (Å²) in [6.07, 6.45) is 0. The Morgan fingerprint density at radius 1 is 0.952 bits per heavy atom. The van der Waals surface area contributed by atoms with Gasteiger partial charge in [0.25, 0.3) is 0 Å². The van der Waals surface area contributed by atoms with Crippen molar-refractivity contribution in [2.75, 3.05) is 4.72 Å². The third kappa shape index (κ3) is 3.33. The molecule has 21 heavy (non-hydrogen) atoms. The first-order valence-corrected chi connectivity index (χ1v) is 7.13. The second kappa shape index (κ2) is 5.36. The normalized spacial score (nSPS) is 12.2. The van der Waals surface area contributed by atoms with Crippen molar-refractivity contribution >= 4 is 15.7 Å². The van der Waals surface area contributed by atoms with E-state index in [9.17, 15) is 26.0 Å². The highest BCUT2D eigenvalue weighted by molar-refractivity contribution is 7.93. The lowest BCUT2D eigenvalue weighted by atomic mass is 10.0. The molecule has 2 aromatic rings. The summed E-state index contributed by atoms with van der Waals surface area (Å²) in [6, 6.07) is 10.5. The third-order valence-corrected chi connectivity index (χ3v) is 3.71. The molecule has 3 nitrogen and oxygen atoms in total. The van der Waals surface area contributed by atoms with Crippen molar-refractivity contribution in [2.45, 2.75) is 5.51 Å². The fraction of sp³-hybridized carbons (Fsp3) is 0.0769. The summed E-state index contributed by atoms with van der Waals surface area (Å²) in [4.78, 5) is 0. The summed E-state index contributed by atoms with van der Waals surface area (Å²) < 4.78 is 74.2. The number of sulfonamides is 1. The lowest BCUT2D eigenvalue weighted by Gasteiger charge is -2.14. The number of benzene rings is 2. The van der Waals surface area contributed by atoms with E-state index in [0.29, 0.717) is 0 Å². The Bertz CT molecular complexity index is 757. The number of rotatable bonds is 3. The molecule has 1 N–H and O–H groups in total. The van der Waals surface area contributed by atoms with E-state index in [2.05, 4.69) is 0 Å². The molecule has 0 aliphatic carbocycles. The molecule has 0 heterocycles. The molecule has 0 saturated carbocycles. The second-order valence-corrected chi connectivity index (χ2v) is 5.78. The molecular weight excluding hydrogens is 310 g/mol. The minimum Gasteiger partial charge on any atom is -0.275 e. The van der Waals surface area contributed by atoms with E-state index in [1.165, 1.54) is 47.2 Å². The molecule has 2 aromatic carbocycles. The topological polar surface area (TPSA) is 46.2 Å². The van der Waals surface area contributed by atoms with Crippen molar-refractivity contribution in [2.24, 2.45) is 0 Å². The van der Waals surface area contributed by atoms with Crippen molar-refractivity contribution in [1.29, 1.82) is 0 Å². The molecule has 0 fully saturated rings. The van der Waals surface area contributed by atoms with Crippen molar-refractivity contribution in [3.05, 3.63) is 54.3 Å². The Kier molecular flexibility index (Phi) is 3.91. The maximum atomic E-state index is 13.2. The molecule has 0 bridgehead atoms. The predicted octanol–water partition coefficient (Wildman–Crippen LogP) is 3.75. The van der Waals surface area contributed by atoms with Gasteiger partial charge in [-0.15, -0.1) is 0 Å². The zero-order valence-electron chi connectivity index (χ0n) is 10.4. The fourth-order valence-corrected chi connectivity index (χ4v) is 2.27. The molecule has 0 amide bonds. The molecule has 0 radical (unpaired) electrons. The van der Waals surface area contributed by atoms with Crippen molar-refractivity contribution < 1.29 is 26.0 Å². The number of para-hydroxylation sites is 1. The van der Waals surface area contributed by atoms with Gasteiger partial charge in [-0.05, 0) is 23.8 Å². The van der Waals surface area contributed by atoms with Gasteiger partial charge in [0.15, 0.2) is 0 Å². The Hall–Kier alpha value is -2.09. The molecule has 0 spiro atoms. The maximum absolute atomic E-state index is 13.2. The van der Waals surface area contributed by atoms with Crippen molar-refractivity contribution in [3.63, 3.8) is 0 Å². The first-order valence-electron chi connectivity index (χ1n) is 5.65. The van der Waals surface area contributed by atoms with Crippen molar-refractivity contribution in [1.82, 2.24) is 0 Å². The Balaban J connectivity index is 2.48. The van der Waals surface area contributed by atoms with Crippen LogP contribution in [0.25, 0.3) is 11.1 Å². The minimum absolute atomic E-state index is 0.143. The SMILES string of the molecule is O=S(=O)(Nc1ccccc1-c1cccc(F)c1)C(F)(F)F. The molecule has 0 atom stereocenters. The zero-order valence-corrected chi connectivity index (χ0v) is 11.2. The molecule has 0 aliphatic rings. The van der Waals surface area contributed by atoms with Gasteiger partial charge in [-0.2, -0.15) is 21.6 Å². The van der Waals surface area contributed by atoms with Crippen LogP contribution in [0.1, 0.15) is 0 Å². The highest BCUT2D eigenvalue weighted by atomic mass is 32.2. The number of hydrogen-bond donors (Lipinski definition) is 1. The molecule has 0 aromatic heterocycles. The summed E-state index contributed by atoms with van der Waals surface area (Å²) in [5.74, 6) is -0.582. The van der Waals surface area contributed by atoms with E-state index in [4.69, 9.17) is 0 Å². The second-order valence-electron chi connectivity index (χ2n) is 4.11. The van der Waals surface area contributed by atoms with Crippen LogP contribution in [0, 0.1) is 5.82 Å². The van der Waals surface area contributed by atoms with Gasteiger partial charge in [-0.3, -0.25) is 4.72 Å². The summed E-state index contributed by atoms with van der Waals surface area (Å²) in [5, 5.41) is 0. The first kappa shape index (κ1) is 15.3. The van der Waals surface area contributed by atoms with Gasteiger partial charge in [0, 0.05) is 5.56 Å². The molecule has 2 rings (SSSR count). The average molecular weight is 319 g/mol. The summed E-state index contributed by atoms with van der Waals surface area (Å²) in [7, 11) is -5.54. The summed E-state index contributed by atoms with van der Waals surface area (Å²) >= 11 is 0. The highest BCUT2D eigenvalue weighted by Crippen LogP contribution is 2.32. The number of nitrogens with one attached hydrogen (secondary N) is 1. The third-order valence-electron chi connectivity index (χ3n) is 2.61. The number of halogens is 4. The molecule has 0 saturated heterocycles. The van der Waals surface area contributed by atoms with Gasteiger partial charge in [-0.25, -0.2) is 4.39 Å². The summed E-state index contributed by atoms with van der Waals surface area (Å²) in [6.45, 7) is 0. The van der Waals surface area contributed by atoms with Gasteiger partial charge in [0.2, 0.25) is 0 Å². The number of hydrogen-bond acceptors (Lipinski definition) is 2. The average Bonchev–Trinajstić information content (AvgIpc) is 2.37. The van der Waals surface area contributed by atoms with Crippen molar-refractivity contribution in [3.8, 4) is 11.1 Å². The lowest BCUT2D eigenvalue weighted by molar-refractivity contribution is -0.0429. The fourth-order valence-electron chi connectivity index (χ4n) is 1.68. The number of anilines is 1. The van der Waals surface area contributed by atoms with Gasteiger partial charge < -0.3 is 0 Å². The van der Waals surface area contributed by atoms with Crippen LogP contribution >= 0.6 is 0 Å². The molecule has 0 unspecified atom stereocenters. The summed E-state index contributed by atoms with van der Waals surface area (Å²) in [5.41, 5.74) is -5.30. The monoisotopic (exact) mass is 319 g/mol. The zero-order chi connectivity index (χ0) is 15.7. The van der Waals surface area contributed by atoms with Crippen LogP contribution in [-0.4, -0.2) is 13.9 Å². The van der Waals surface area contributed by atoms with Gasteiger partial charge in [0.05, 0.1) is 5.69 Å². The lowest BCUT2D eigenvalue weighted by Crippen LogP contribution is -2.30. The molecule has 0 aliphatic heterocycles.